The fourth-order valence-electron chi connectivity index (χ4n) is 2.25. The molecule has 0 heterocycles. The lowest BCUT2D eigenvalue weighted by Gasteiger charge is -2.29. The van der Waals surface area contributed by atoms with Crippen molar-refractivity contribution in [1.82, 2.24) is 5.32 Å². The number of nitrogens with two attached hydrogens (primary N) is 1. The SMILES string of the molecule is COC(CN)CC(=O)NC1CCCC(SC)C1. The van der Waals surface area contributed by atoms with E-state index in [0.717, 1.165) is 12.8 Å². The number of hydrogen-bond acceptors (Lipinski definition) is 4. The minimum atomic E-state index is -0.157. The van der Waals surface area contributed by atoms with Gasteiger partial charge < -0.3 is 15.8 Å². The molecular weight excluding hydrogens is 236 g/mol. The highest BCUT2D eigenvalue weighted by molar-refractivity contribution is 7.99. The molecule has 1 fully saturated rings. The molecule has 0 bridgehead atoms. The van der Waals surface area contributed by atoms with Gasteiger partial charge in [0.05, 0.1) is 12.5 Å². The second-order valence-corrected chi connectivity index (χ2v) is 5.72. The molecule has 1 aliphatic carbocycles. The summed E-state index contributed by atoms with van der Waals surface area (Å²) in [4.78, 5) is 11.8. The zero-order valence-corrected chi connectivity index (χ0v) is 11.6. The third-order valence-electron chi connectivity index (χ3n) is 3.33. The van der Waals surface area contributed by atoms with E-state index in [1.54, 1.807) is 7.11 Å². The van der Waals surface area contributed by atoms with Crippen molar-refractivity contribution in [2.45, 2.75) is 49.5 Å². The van der Waals surface area contributed by atoms with Gasteiger partial charge in [-0.15, -0.1) is 0 Å². The van der Waals surface area contributed by atoms with Crippen molar-refractivity contribution in [3.05, 3.63) is 0 Å². The summed E-state index contributed by atoms with van der Waals surface area (Å²) in [6.45, 7) is 0.391. The highest BCUT2D eigenvalue weighted by Gasteiger charge is 2.23. The van der Waals surface area contributed by atoms with Gasteiger partial charge in [-0.05, 0) is 25.5 Å². The van der Waals surface area contributed by atoms with Crippen LogP contribution in [0.25, 0.3) is 0 Å². The number of carbonyl (C=O) groups excluding carboxylic acids is 1. The summed E-state index contributed by atoms with van der Waals surface area (Å²) in [6, 6.07) is 0.337. The average Bonchev–Trinajstić information content (AvgIpc) is 2.36. The fraction of sp³-hybridized carbons (Fsp3) is 0.917. The maximum Gasteiger partial charge on any atom is 0.222 e. The first-order valence-corrected chi connectivity index (χ1v) is 7.53. The second-order valence-electron chi connectivity index (χ2n) is 4.59. The molecule has 1 saturated carbocycles. The monoisotopic (exact) mass is 260 g/mol. The Balaban J connectivity index is 2.30. The summed E-state index contributed by atoms with van der Waals surface area (Å²) in [5.74, 6) is 0.0639. The Morgan fingerprint density at radius 3 is 2.94 bits per heavy atom. The van der Waals surface area contributed by atoms with E-state index in [2.05, 4.69) is 11.6 Å². The maximum atomic E-state index is 11.8. The predicted molar refractivity (Wildman–Crippen MR) is 72.2 cm³/mol. The van der Waals surface area contributed by atoms with Gasteiger partial charge in [0.2, 0.25) is 5.91 Å². The molecule has 0 aromatic heterocycles. The summed E-state index contributed by atoms with van der Waals surface area (Å²) in [5.41, 5.74) is 5.50. The number of thioether (sulfide) groups is 1. The number of ether oxygens (including phenoxy) is 1. The topological polar surface area (TPSA) is 64.3 Å². The smallest absolute Gasteiger partial charge is 0.222 e. The summed E-state index contributed by atoms with van der Waals surface area (Å²) in [7, 11) is 1.59. The lowest BCUT2D eigenvalue weighted by Crippen LogP contribution is -2.41. The lowest BCUT2D eigenvalue weighted by molar-refractivity contribution is -0.124. The van der Waals surface area contributed by atoms with Gasteiger partial charge in [-0.3, -0.25) is 4.79 Å². The normalized spacial score (nSPS) is 26.5. The molecular formula is C12H24N2O2S. The number of carbonyl (C=O) groups is 1. The molecule has 3 N–H and O–H groups in total. The molecule has 0 saturated heterocycles. The summed E-state index contributed by atoms with van der Waals surface area (Å²) in [5, 5.41) is 3.79. The predicted octanol–water partition coefficient (Wildman–Crippen LogP) is 1.14. The van der Waals surface area contributed by atoms with Crippen LogP contribution in [0.15, 0.2) is 0 Å². The first kappa shape index (κ1) is 14.8. The average molecular weight is 260 g/mol. The van der Waals surface area contributed by atoms with Crippen molar-refractivity contribution < 1.29 is 9.53 Å². The van der Waals surface area contributed by atoms with Gasteiger partial charge in [-0.1, -0.05) is 6.42 Å². The van der Waals surface area contributed by atoms with Crippen LogP contribution in [-0.4, -0.2) is 43.2 Å². The molecule has 0 radical (unpaired) electrons. The van der Waals surface area contributed by atoms with Crippen LogP contribution in [0.2, 0.25) is 0 Å². The Hall–Kier alpha value is -0.260. The Morgan fingerprint density at radius 1 is 1.59 bits per heavy atom. The molecule has 1 rings (SSSR count). The zero-order valence-electron chi connectivity index (χ0n) is 10.8. The van der Waals surface area contributed by atoms with Gasteiger partial charge in [0.15, 0.2) is 0 Å². The van der Waals surface area contributed by atoms with Gasteiger partial charge in [-0.2, -0.15) is 11.8 Å². The van der Waals surface area contributed by atoms with Crippen molar-refractivity contribution >= 4 is 17.7 Å². The Bertz CT molecular complexity index is 235. The van der Waals surface area contributed by atoms with Crippen LogP contribution in [0.1, 0.15) is 32.1 Å². The van der Waals surface area contributed by atoms with E-state index in [1.165, 1.54) is 12.8 Å². The molecule has 0 aliphatic heterocycles. The van der Waals surface area contributed by atoms with E-state index in [0.29, 0.717) is 24.3 Å². The highest BCUT2D eigenvalue weighted by Crippen LogP contribution is 2.26. The molecule has 1 aliphatic rings. The zero-order chi connectivity index (χ0) is 12.7. The van der Waals surface area contributed by atoms with Gasteiger partial charge in [-0.25, -0.2) is 0 Å². The van der Waals surface area contributed by atoms with Crippen LogP contribution in [-0.2, 0) is 9.53 Å². The Kier molecular flexibility index (Phi) is 6.92. The van der Waals surface area contributed by atoms with Crippen molar-refractivity contribution in [3.63, 3.8) is 0 Å². The molecule has 4 nitrogen and oxygen atoms in total. The summed E-state index contributed by atoms with van der Waals surface area (Å²) >= 11 is 1.90. The number of amides is 1. The van der Waals surface area contributed by atoms with Crippen LogP contribution >= 0.6 is 11.8 Å². The van der Waals surface area contributed by atoms with Gasteiger partial charge in [0.1, 0.15) is 0 Å². The van der Waals surface area contributed by atoms with Crippen molar-refractivity contribution in [2.75, 3.05) is 19.9 Å². The number of nitrogens with one attached hydrogen (secondary N) is 1. The molecule has 0 aromatic carbocycles. The Morgan fingerprint density at radius 2 is 2.35 bits per heavy atom. The summed E-state index contributed by atoms with van der Waals surface area (Å²) in [6.07, 6.45) is 7.03. The largest absolute Gasteiger partial charge is 0.380 e. The number of rotatable bonds is 6. The highest BCUT2D eigenvalue weighted by atomic mass is 32.2. The number of methoxy groups -OCH3 is 1. The molecule has 0 spiro atoms. The van der Waals surface area contributed by atoms with E-state index in [4.69, 9.17) is 10.5 Å². The standard InChI is InChI=1S/C12H24N2O2S/c1-16-10(8-13)7-12(15)14-9-4-3-5-11(6-9)17-2/h9-11H,3-8,13H2,1-2H3,(H,14,15). The number of hydrogen-bond donors (Lipinski definition) is 2. The molecule has 100 valence electrons. The maximum absolute atomic E-state index is 11.8. The van der Waals surface area contributed by atoms with E-state index < -0.39 is 0 Å². The molecule has 3 unspecified atom stereocenters. The first-order valence-electron chi connectivity index (χ1n) is 6.24. The summed E-state index contributed by atoms with van der Waals surface area (Å²) < 4.78 is 5.11. The lowest BCUT2D eigenvalue weighted by atomic mass is 9.95. The first-order chi connectivity index (χ1) is 8.19. The van der Waals surface area contributed by atoms with Crippen molar-refractivity contribution in [3.8, 4) is 0 Å². The Labute approximate surface area is 108 Å². The molecule has 5 heteroatoms. The van der Waals surface area contributed by atoms with Gasteiger partial charge in [0, 0.05) is 24.9 Å². The molecule has 17 heavy (non-hydrogen) atoms. The second kappa shape index (κ2) is 7.95. The van der Waals surface area contributed by atoms with E-state index in [1.807, 2.05) is 11.8 Å². The van der Waals surface area contributed by atoms with Crippen LogP contribution in [0, 0.1) is 0 Å². The van der Waals surface area contributed by atoms with Gasteiger partial charge in [0.25, 0.3) is 0 Å². The van der Waals surface area contributed by atoms with E-state index >= 15 is 0 Å². The minimum absolute atomic E-state index is 0.0639. The quantitative estimate of drug-likeness (QED) is 0.752. The van der Waals surface area contributed by atoms with E-state index in [-0.39, 0.29) is 12.0 Å². The van der Waals surface area contributed by atoms with Crippen LogP contribution in [0.4, 0.5) is 0 Å². The van der Waals surface area contributed by atoms with Crippen LogP contribution in [0.5, 0.6) is 0 Å². The molecule has 3 atom stereocenters. The van der Waals surface area contributed by atoms with Crippen LogP contribution in [0.3, 0.4) is 0 Å². The third kappa shape index (κ3) is 5.27. The third-order valence-corrected chi connectivity index (χ3v) is 4.43. The molecule has 1 amide bonds. The fourth-order valence-corrected chi connectivity index (χ4v) is 3.07. The van der Waals surface area contributed by atoms with Gasteiger partial charge >= 0.3 is 0 Å². The van der Waals surface area contributed by atoms with E-state index in [9.17, 15) is 4.79 Å². The van der Waals surface area contributed by atoms with Crippen molar-refractivity contribution in [2.24, 2.45) is 5.73 Å². The minimum Gasteiger partial charge on any atom is -0.380 e. The van der Waals surface area contributed by atoms with Crippen molar-refractivity contribution in [1.29, 1.82) is 0 Å². The van der Waals surface area contributed by atoms with Crippen LogP contribution < -0.4 is 11.1 Å². The molecule has 0 aromatic rings.